The highest BCUT2D eigenvalue weighted by Crippen LogP contribution is 2.03. The van der Waals surface area contributed by atoms with Crippen LogP contribution in [0.5, 0.6) is 0 Å². The first kappa shape index (κ1) is 15.9. The van der Waals surface area contributed by atoms with Crippen LogP contribution in [0.15, 0.2) is 0 Å². The van der Waals surface area contributed by atoms with Gasteiger partial charge in [-0.3, -0.25) is 0 Å². The first-order chi connectivity index (χ1) is 7.52. The molecular formula is C14H31NO. The van der Waals surface area contributed by atoms with Crippen LogP contribution in [0.1, 0.15) is 47.5 Å². The molecule has 0 bridgehead atoms. The van der Waals surface area contributed by atoms with Gasteiger partial charge in [-0.05, 0) is 43.7 Å². The molecule has 0 amide bonds. The van der Waals surface area contributed by atoms with Gasteiger partial charge in [0.2, 0.25) is 0 Å². The quantitative estimate of drug-likeness (QED) is 0.580. The van der Waals surface area contributed by atoms with Crippen molar-refractivity contribution in [1.29, 1.82) is 0 Å². The van der Waals surface area contributed by atoms with Crippen LogP contribution < -0.4 is 5.32 Å². The Morgan fingerprint density at radius 2 is 1.44 bits per heavy atom. The summed E-state index contributed by atoms with van der Waals surface area (Å²) in [5.41, 5.74) is 0. The van der Waals surface area contributed by atoms with Gasteiger partial charge >= 0.3 is 0 Å². The third kappa shape index (κ3) is 12.0. The molecule has 0 saturated heterocycles. The van der Waals surface area contributed by atoms with Gasteiger partial charge in [-0.15, -0.1) is 0 Å². The van der Waals surface area contributed by atoms with Gasteiger partial charge in [0.05, 0.1) is 0 Å². The molecule has 0 radical (unpaired) electrons. The molecule has 0 rings (SSSR count). The highest BCUT2D eigenvalue weighted by atomic mass is 16.5. The van der Waals surface area contributed by atoms with Gasteiger partial charge in [-0.25, -0.2) is 0 Å². The SMILES string of the molecule is CC(C)CCOCCC(C)CNCC(C)C. The Morgan fingerprint density at radius 3 is 2.00 bits per heavy atom. The Hall–Kier alpha value is -0.0800. The third-order valence-corrected chi connectivity index (χ3v) is 2.64. The molecule has 2 nitrogen and oxygen atoms in total. The maximum atomic E-state index is 5.61. The molecule has 1 unspecified atom stereocenters. The number of rotatable bonds is 10. The molecule has 0 aliphatic heterocycles. The normalized spacial score (nSPS) is 13.7. The molecule has 2 heteroatoms. The predicted molar refractivity (Wildman–Crippen MR) is 71.8 cm³/mol. The summed E-state index contributed by atoms with van der Waals surface area (Å²) < 4.78 is 5.61. The summed E-state index contributed by atoms with van der Waals surface area (Å²) in [6, 6.07) is 0. The van der Waals surface area contributed by atoms with Gasteiger partial charge in [0.1, 0.15) is 0 Å². The molecule has 0 aliphatic carbocycles. The van der Waals surface area contributed by atoms with Gasteiger partial charge in [0, 0.05) is 13.2 Å². The first-order valence-corrected chi connectivity index (χ1v) is 6.80. The maximum absolute atomic E-state index is 5.61. The van der Waals surface area contributed by atoms with E-state index < -0.39 is 0 Å². The molecular weight excluding hydrogens is 198 g/mol. The summed E-state index contributed by atoms with van der Waals surface area (Å²) in [5, 5.41) is 3.49. The fraction of sp³-hybridized carbons (Fsp3) is 1.00. The second-order valence-corrected chi connectivity index (χ2v) is 5.74. The Morgan fingerprint density at radius 1 is 0.812 bits per heavy atom. The van der Waals surface area contributed by atoms with Crippen molar-refractivity contribution in [3.8, 4) is 0 Å². The number of nitrogens with one attached hydrogen (secondary N) is 1. The van der Waals surface area contributed by atoms with Gasteiger partial charge in [0.25, 0.3) is 0 Å². The topological polar surface area (TPSA) is 21.3 Å². The van der Waals surface area contributed by atoms with E-state index >= 15 is 0 Å². The van der Waals surface area contributed by atoms with Crippen molar-refractivity contribution in [2.24, 2.45) is 17.8 Å². The van der Waals surface area contributed by atoms with E-state index in [0.29, 0.717) is 0 Å². The molecule has 0 heterocycles. The molecule has 0 aromatic carbocycles. The van der Waals surface area contributed by atoms with Crippen molar-refractivity contribution >= 4 is 0 Å². The molecule has 0 spiro atoms. The van der Waals surface area contributed by atoms with Gasteiger partial charge in [0.15, 0.2) is 0 Å². The van der Waals surface area contributed by atoms with Crippen LogP contribution >= 0.6 is 0 Å². The van der Waals surface area contributed by atoms with Crippen LogP contribution in [0.2, 0.25) is 0 Å². The molecule has 0 aliphatic rings. The van der Waals surface area contributed by atoms with Gasteiger partial charge in [-0.1, -0.05) is 34.6 Å². The summed E-state index contributed by atoms with van der Waals surface area (Å²) in [6.45, 7) is 15.3. The number of ether oxygens (including phenoxy) is 1. The van der Waals surface area contributed by atoms with E-state index in [2.05, 4.69) is 39.9 Å². The summed E-state index contributed by atoms with van der Waals surface area (Å²) >= 11 is 0. The van der Waals surface area contributed by atoms with E-state index in [1.54, 1.807) is 0 Å². The van der Waals surface area contributed by atoms with E-state index in [-0.39, 0.29) is 0 Å². The second-order valence-electron chi connectivity index (χ2n) is 5.74. The molecule has 1 N–H and O–H groups in total. The highest BCUT2D eigenvalue weighted by molar-refractivity contribution is 4.58. The zero-order chi connectivity index (χ0) is 12.4. The minimum absolute atomic E-state index is 0.720. The van der Waals surface area contributed by atoms with Crippen molar-refractivity contribution in [3.05, 3.63) is 0 Å². The van der Waals surface area contributed by atoms with E-state index in [1.807, 2.05) is 0 Å². The molecule has 1 atom stereocenters. The molecule has 0 fully saturated rings. The fourth-order valence-electron chi connectivity index (χ4n) is 1.43. The lowest BCUT2D eigenvalue weighted by molar-refractivity contribution is 0.112. The van der Waals surface area contributed by atoms with E-state index in [9.17, 15) is 0 Å². The minimum atomic E-state index is 0.720. The van der Waals surface area contributed by atoms with Crippen molar-refractivity contribution in [2.75, 3.05) is 26.3 Å². The average molecular weight is 229 g/mol. The van der Waals surface area contributed by atoms with Gasteiger partial charge < -0.3 is 10.1 Å². The molecule has 98 valence electrons. The summed E-state index contributed by atoms with van der Waals surface area (Å²) in [6.07, 6.45) is 2.35. The van der Waals surface area contributed by atoms with Crippen LogP contribution in [0.4, 0.5) is 0 Å². The predicted octanol–water partition coefficient (Wildman–Crippen LogP) is 3.32. The van der Waals surface area contributed by atoms with Crippen LogP contribution in [-0.4, -0.2) is 26.3 Å². The van der Waals surface area contributed by atoms with E-state index in [1.165, 1.54) is 12.8 Å². The molecule has 0 aromatic rings. The van der Waals surface area contributed by atoms with Crippen LogP contribution in [0.25, 0.3) is 0 Å². The lowest BCUT2D eigenvalue weighted by atomic mass is 10.1. The van der Waals surface area contributed by atoms with Gasteiger partial charge in [-0.2, -0.15) is 0 Å². The van der Waals surface area contributed by atoms with Crippen molar-refractivity contribution in [1.82, 2.24) is 5.32 Å². The molecule has 0 aromatic heterocycles. The Balaban J connectivity index is 3.20. The molecule has 0 saturated carbocycles. The summed E-state index contributed by atoms with van der Waals surface area (Å²) in [7, 11) is 0. The molecule has 16 heavy (non-hydrogen) atoms. The van der Waals surface area contributed by atoms with E-state index in [4.69, 9.17) is 4.74 Å². The van der Waals surface area contributed by atoms with Crippen molar-refractivity contribution < 1.29 is 4.74 Å². The Kier molecular flexibility index (Phi) is 10.0. The van der Waals surface area contributed by atoms with Crippen molar-refractivity contribution in [3.63, 3.8) is 0 Å². The number of hydrogen-bond donors (Lipinski definition) is 1. The largest absolute Gasteiger partial charge is 0.381 e. The summed E-state index contributed by atoms with van der Waals surface area (Å²) in [4.78, 5) is 0. The fourth-order valence-corrected chi connectivity index (χ4v) is 1.43. The smallest absolute Gasteiger partial charge is 0.0469 e. The third-order valence-electron chi connectivity index (χ3n) is 2.64. The second kappa shape index (κ2) is 10.1. The van der Waals surface area contributed by atoms with Crippen LogP contribution in [0.3, 0.4) is 0 Å². The first-order valence-electron chi connectivity index (χ1n) is 6.80. The average Bonchev–Trinajstić information content (AvgIpc) is 2.16. The van der Waals surface area contributed by atoms with Crippen molar-refractivity contribution in [2.45, 2.75) is 47.5 Å². The van der Waals surface area contributed by atoms with Crippen LogP contribution in [-0.2, 0) is 4.74 Å². The minimum Gasteiger partial charge on any atom is -0.381 e. The van der Waals surface area contributed by atoms with Crippen LogP contribution in [0, 0.1) is 17.8 Å². The summed E-state index contributed by atoms with van der Waals surface area (Å²) in [5.74, 6) is 2.22. The zero-order valence-corrected chi connectivity index (χ0v) is 11.9. The monoisotopic (exact) mass is 229 g/mol. The lowest BCUT2D eigenvalue weighted by Gasteiger charge is -2.14. The number of hydrogen-bond acceptors (Lipinski definition) is 2. The Bertz CT molecular complexity index is 146. The highest BCUT2D eigenvalue weighted by Gasteiger charge is 2.02. The Labute approximate surface area is 102 Å². The zero-order valence-electron chi connectivity index (χ0n) is 11.9. The lowest BCUT2D eigenvalue weighted by Crippen LogP contribution is -2.25. The standard InChI is InChI=1S/C14H31NO/c1-12(2)6-8-16-9-7-14(5)11-15-10-13(3)4/h12-15H,6-11H2,1-5H3. The van der Waals surface area contributed by atoms with E-state index in [0.717, 1.165) is 44.1 Å². The maximum Gasteiger partial charge on any atom is 0.0469 e.